The molecule has 1 aromatic heterocycles. The zero-order valence-electron chi connectivity index (χ0n) is 16.4. The van der Waals surface area contributed by atoms with E-state index in [1.807, 2.05) is 0 Å². The van der Waals surface area contributed by atoms with Gasteiger partial charge in [-0.2, -0.15) is 4.72 Å². The summed E-state index contributed by atoms with van der Waals surface area (Å²) in [6.07, 6.45) is 2.99. The molecule has 31 heavy (non-hydrogen) atoms. The third kappa shape index (κ3) is 5.71. The lowest BCUT2D eigenvalue weighted by Gasteiger charge is -2.15. The fourth-order valence-corrected chi connectivity index (χ4v) is 3.93. The lowest BCUT2D eigenvalue weighted by atomic mass is 10.2. The molecule has 8 nitrogen and oxygen atoms in total. The van der Waals surface area contributed by atoms with Gasteiger partial charge in [0, 0.05) is 29.3 Å². The molecule has 2 amide bonds. The molecule has 0 bridgehead atoms. The van der Waals surface area contributed by atoms with E-state index in [1.54, 1.807) is 30.3 Å². The number of benzene rings is 2. The molecule has 0 aliphatic carbocycles. The van der Waals surface area contributed by atoms with Gasteiger partial charge in [-0.1, -0.05) is 18.2 Å². The fourth-order valence-electron chi connectivity index (χ4n) is 2.64. The zero-order chi connectivity index (χ0) is 22.4. The third-order valence-electron chi connectivity index (χ3n) is 4.18. The van der Waals surface area contributed by atoms with Gasteiger partial charge in [-0.15, -0.1) is 0 Å². The molecule has 1 atom stereocenters. The molecule has 3 N–H and O–H groups in total. The molecule has 3 aromatic rings. The van der Waals surface area contributed by atoms with Gasteiger partial charge in [0.2, 0.25) is 15.9 Å². The molecular weight excluding hydrogens is 423 g/mol. The van der Waals surface area contributed by atoms with Crippen molar-refractivity contribution in [2.24, 2.45) is 0 Å². The van der Waals surface area contributed by atoms with E-state index in [4.69, 9.17) is 0 Å². The van der Waals surface area contributed by atoms with E-state index >= 15 is 0 Å². The number of pyridine rings is 1. The van der Waals surface area contributed by atoms with Gasteiger partial charge >= 0.3 is 0 Å². The summed E-state index contributed by atoms with van der Waals surface area (Å²) in [5.41, 5.74) is 1.19. The van der Waals surface area contributed by atoms with Crippen LogP contribution in [0.15, 0.2) is 78.0 Å². The Morgan fingerprint density at radius 1 is 0.935 bits per heavy atom. The van der Waals surface area contributed by atoms with Crippen LogP contribution < -0.4 is 15.4 Å². The standard InChI is InChI=1S/C21H19FN4O4S/c1-14(26-31(29,30)19-8-3-2-7-18(19)22)20(27)24-16-5-4-6-17(13-16)25-21(28)15-9-11-23-12-10-15/h2-14,26H,1H3,(H,24,27)(H,25,28)/t14-/m0/s1. The normalized spacial score (nSPS) is 12.1. The number of aromatic nitrogens is 1. The van der Waals surface area contributed by atoms with E-state index in [1.165, 1.54) is 37.5 Å². The molecule has 10 heteroatoms. The van der Waals surface area contributed by atoms with Crippen molar-refractivity contribution in [2.75, 3.05) is 10.6 Å². The molecular formula is C21H19FN4O4S. The summed E-state index contributed by atoms with van der Waals surface area (Å²) in [5.74, 6) is -1.92. The van der Waals surface area contributed by atoms with Crippen LogP contribution in [-0.2, 0) is 14.8 Å². The van der Waals surface area contributed by atoms with Gasteiger partial charge in [-0.05, 0) is 49.4 Å². The highest BCUT2D eigenvalue weighted by molar-refractivity contribution is 7.89. The number of nitrogens with one attached hydrogen (secondary N) is 3. The monoisotopic (exact) mass is 442 g/mol. The highest BCUT2D eigenvalue weighted by atomic mass is 32.2. The number of hydrogen-bond donors (Lipinski definition) is 3. The number of carbonyl (C=O) groups excluding carboxylic acids is 2. The molecule has 0 aliphatic heterocycles. The summed E-state index contributed by atoms with van der Waals surface area (Å²) in [7, 11) is -4.23. The van der Waals surface area contributed by atoms with Crippen LogP contribution in [0.2, 0.25) is 0 Å². The van der Waals surface area contributed by atoms with E-state index in [9.17, 15) is 22.4 Å². The fraction of sp³-hybridized carbons (Fsp3) is 0.0952. The van der Waals surface area contributed by atoms with Crippen molar-refractivity contribution in [3.8, 4) is 0 Å². The minimum absolute atomic E-state index is 0.342. The lowest BCUT2D eigenvalue weighted by molar-refractivity contribution is -0.117. The van der Waals surface area contributed by atoms with E-state index in [-0.39, 0.29) is 5.91 Å². The first-order chi connectivity index (χ1) is 14.8. The van der Waals surface area contributed by atoms with E-state index in [2.05, 4.69) is 20.3 Å². The van der Waals surface area contributed by atoms with Crippen molar-refractivity contribution in [2.45, 2.75) is 17.9 Å². The van der Waals surface area contributed by atoms with Crippen LogP contribution in [0.3, 0.4) is 0 Å². The van der Waals surface area contributed by atoms with Crippen molar-refractivity contribution in [3.63, 3.8) is 0 Å². The Hall–Kier alpha value is -3.63. The topological polar surface area (TPSA) is 117 Å². The van der Waals surface area contributed by atoms with Crippen LogP contribution in [0, 0.1) is 5.82 Å². The van der Waals surface area contributed by atoms with Crippen molar-refractivity contribution in [1.82, 2.24) is 9.71 Å². The Kier molecular flexibility index (Phi) is 6.73. The first kappa shape index (κ1) is 22.1. The number of halogens is 1. The number of amides is 2. The van der Waals surface area contributed by atoms with Gasteiger partial charge in [0.05, 0.1) is 6.04 Å². The van der Waals surface area contributed by atoms with Gasteiger partial charge in [0.1, 0.15) is 10.7 Å². The Morgan fingerprint density at radius 2 is 1.58 bits per heavy atom. The minimum Gasteiger partial charge on any atom is -0.325 e. The highest BCUT2D eigenvalue weighted by Crippen LogP contribution is 2.17. The molecule has 3 rings (SSSR count). The van der Waals surface area contributed by atoms with Gasteiger partial charge in [-0.3, -0.25) is 14.6 Å². The second-order valence-electron chi connectivity index (χ2n) is 6.53. The second-order valence-corrected chi connectivity index (χ2v) is 8.22. The molecule has 0 fully saturated rings. The summed E-state index contributed by atoms with van der Waals surface area (Å²) in [6.45, 7) is 1.34. The maximum Gasteiger partial charge on any atom is 0.255 e. The maximum absolute atomic E-state index is 13.8. The molecule has 2 aromatic carbocycles. The second kappa shape index (κ2) is 9.45. The maximum atomic E-state index is 13.8. The number of anilines is 2. The van der Waals surface area contributed by atoms with E-state index < -0.39 is 32.7 Å². The highest BCUT2D eigenvalue weighted by Gasteiger charge is 2.24. The van der Waals surface area contributed by atoms with Crippen LogP contribution in [0.25, 0.3) is 0 Å². The molecule has 0 saturated carbocycles. The quantitative estimate of drug-likeness (QED) is 0.520. The van der Waals surface area contributed by atoms with E-state index in [0.29, 0.717) is 16.9 Å². The third-order valence-corrected chi connectivity index (χ3v) is 5.76. The van der Waals surface area contributed by atoms with Crippen LogP contribution in [0.4, 0.5) is 15.8 Å². The number of sulfonamides is 1. The molecule has 0 unspecified atom stereocenters. The summed E-state index contributed by atoms with van der Waals surface area (Å²) in [4.78, 5) is 28.0. The Morgan fingerprint density at radius 3 is 2.26 bits per heavy atom. The van der Waals surface area contributed by atoms with Gasteiger partial charge in [0.25, 0.3) is 5.91 Å². The van der Waals surface area contributed by atoms with Crippen LogP contribution in [0.5, 0.6) is 0 Å². The van der Waals surface area contributed by atoms with Crippen LogP contribution >= 0.6 is 0 Å². The Bertz CT molecular complexity index is 1200. The van der Waals surface area contributed by atoms with E-state index in [0.717, 1.165) is 12.1 Å². The number of nitrogens with zero attached hydrogens (tertiary/aromatic N) is 1. The lowest BCUT2D eigenvalue weighted by Crippen LogP contribution is -2.41. The Balaban J connectivity index is 1.66. The van der Waals surface area contributed by atoms with Crippen molar-refractivity contribution < 1.29 is 22.4 Å². The Labute approximate surface area is 178 Å². The number of rotatable bonds is 7. The van der Waals surface area contributed by atoms with Gasteiger partial charge < -0.3 is 10.6 Å². The first-order valence-electron chi connectivity index (χ1n) is 9.15. The predicted molar refractivity (Wildman–Crippen MR) is 113 cm³/mol. The average molecular weight is 442 g/mol. The van der Waals surface area contributed by atoms with Gasteiger partial charge in [-0.25, -0.2) is 12.8 Å². The molecule has 1 heterocycles. The predicted octanol–water partition coefficient (Wildman–Crippen LogP) is 2.78. The summed E-state index contributed by atoms with van der Waals surface area (Å²) in [5, 5.41) is 5.26. The average Bonchev–Trinajstić information content (AvgIpc) is 2.74. The smallest absolute Gasteiger partial charge is 0.255 e. The zero-order valence-corrected chi connectivity index (χ0v) is 17.2. The largest absolute Gasteiger partial charge is 0.325 e. The molecule has 0 radical (unpaired) electrons. The summed E-state index contributed by atoms with van der Waals surface area (Å²) < 4.78 is 40.6. The molecule has 0 spiro atoms. The van der Waals surface area contributed by atoms with Gasteiger partial charge in [0.15, 0.2) is 0 Å². The summed E-state index contributed by atoms with van der Waals surface area (Å²) in [6, 6.07) is 13.2. The molecule has 0 saturated heterocycles. The minimum atomic E-state index is -4.23. The number of hydrogen-bond acceptors (Lipinski definition) is 5. The summed E-state index contributed by atoms with van der Waals surface area (Å²) >= 11 is 0. The van der Waals surface area contributed by atoms with Crippen LogP contribution in [-0.4, -0.2) is 31.3 Å². The molecule has 0 aliphatic rings. The van der Waals surface area contributed by atoms with Crippen molar-refractivity contribution in [3.05, 3.63) is 84.4 Å². The molecule has 160 valence electrons. The number of carbonyl (C=O) groups is 2. The van der Waals surface area contributed by atoms with Crippen LogP contribution in [0.1, 0.15) is 17.3 Å². The van der Waals surface area contributed by atoms with Crippen molar-refractivity contribution in [1.29, 1.82) is 0 Å². The first-order valence-corrected chi connectivity index (χ1v) is 10.6. The van der Waals surface area contributed by atoms with Crippen molar-refractivity contribution >= 4 is 33.2 Å². The SMILES string of the molecule is C[C@H](NS(=O)(=O)c1ccccc1F)C(=O)Nc1cccc(NC(=O)c2ccncc2)c1.